The van der Waals surface area contributed by atoms with E-state index in [-0.39, 0.29) is 24.1 Å². The maximum Gasteiger partial charge on any atom is 0.278 e. The van der Waals surface area contributed by atoms with E-state index in [0.29, 0.717) is 16.4 Å². The van der Waals surface area contributed by atoms with Crippen LogP contribution >= 0.6 is 11.6 Å². The van der Waals surface area contributed by atoms with E-state index in [0.717, 1.165) is 22.4 Å². The quantitative estimate of drug-likeness (QED) is 0.662. The third-order valence-electron chi connectivity index (χ3n) is 4.67. The number of rotatable bonds is 5. The van der Waals surface area contributed by atoms with Gasteiger partial charge in [0, 0.05) is 16.4 Å². The van der Waals surface area contributed by atoms with Crippen LogP contribution in [0.25, 0.3) is 0 Å². The lowest BCUT2D eigenvalue weighted by Gasteiger charge is -2.10. The van der Waals surface area contributed by atoms with Crippen LogP contribution in [0, 0.1) is 27.7 Å². The van der Waals surface area contributed by atoms with Crippen molar-refractivity contribution in [1.29, 1.82) is 0 Å². The molecular weight excluding hydrogens is 390 g/mol. The normalized spacial score (nSPS) is 10.7. The molecule has 29 heavy (non-hydrogen) atoms. The molecule has 0 saturated heterocycles. The van der Waals surface area contributed by atoms with Crippen molar-refractivity contribution in [2.75, 3.05) is 10.6 Å². The molecule has 0 atom stereocenters. The summed E-state index contributed by atoms with van der Waals surface area (Å²) in [5.41, 5.74) is 4.81. The Kier molecular flexibility index (Phi) is 5.98. The Morgan fingerprint density at radius 3 is 2.55 bits per heavy atom. The number of aromatic nitrogens is 3. The summed E-state index contributed by atoms with van der Waals surface area (Å²) < 4.78 is 1.40. The van der Waals surface area contributed by atoms with E-state index in [2.05, 4.69) is 20.9 Å². The van der Waals surface area contributed by atoms with Crippen LogP contribution in [-0.2, 0) is 11.3 Å². The Hall–Kier alpha value is -3.19. The van der Waals surface area contributed by atoms with Gasteiger partial charge in [-0.1, -0.05) is 35.0 Å². The predicted molar refractivity (Wildman–Crippen MR) is 113 cm³/mol. The van der Waals surface area contributed by atoms with Crippen molar-refractivity contribution in [3.8, 4) is 0 Å². The van der Waals surface area contributed by atoms with Gasteiger partial charge in [0.2, 0.25) is 5.91 Å². The van der Waals surface area contributed by atoms with E-state index in [9.17, 15) is 9.59 Å². The SMILES string of the molecule is Cc1ccc(C)c(NC(=O)c2nnn(CC(=O)Nc3cccc(Cl)c3C)c2C)c1. The molecule has 8 heteroatoms. The van der Waals surface area contributed by atoms with Crippen LogP contribution in [0.15, 0.2) is 36.4 Å². The van der Waals surface area contributed by atoms with Crippen molar-refractivity contribution >= 4 is 34.8 Å². The number of aryl methyl sites for hydroxylation is 2. The molecule has 7 nitrogen and oxygen atoms in total. The molecule has 0 saturated carbocycles. The summed E-state index contributed by atoms with van der Waals surface area (Å²) in [6.07, 6.45) is 0. The summed E-state index contributed by atoms with van der Waals surface area (Å²) in [7, 11) is 0. The van der Waals surface area contributed by atoms with Gasteiger partial charge in [0.15, 0.2) is 5.69 Å². The molecule has 1 heterocycles. The van der Waals surface area contributed by atoms with Crippen LogP contribution in [0.4, 0.5) is 11.4 Å². The topological polar surface area (TPSA) is 88.9 Å². The fourth-order valence-corrected chi connectivity index (χ4v) is 3.02. The third kappa shape index (κ3) is 4.63. The zero-order valence-corrected chi connectivity index (χ0v) is 17.5. The number of anilines is 2. The lowest BCUT2D eigenvalue weighted by molar-refractivity contribution is -0.117. The largest absolute Gasteiger partial charge is 0.324 e. The summed E-state index contributed by atoms with van der Waals surface area (Å²) in [6, 6.07) is 11.1. The maximum atomic E-state index is 12.6. The van der Waals surface area contributed by atoms with Gasteiger partial charge in [-0.15, -0.1) is 5.10 Å². The van der Waals surface area contributed by atoms with E-state index < -0.39 is 0 Å². The molecule has 150 valence electrons. The number of nitrogens with zero attached hydrogens (tertiary/aromatic N) is 3. The maximum absolute atomic E-state index is 12.6. The molecule has 3 aromatic rings. The number of benzene rings is 2. The Balaban J connectivity index is 1.71. The minimum atomic E-state index is -0.367. The van der Waals surface area contributed by atoms with E-state index in [1.807, 2.05) is 39.0 Å². The van der Waals surface area contributed by atoms with Crippen LogP contribution in [0.3, 0.4) is 0 Å². The monoisotopic (exact) mass is 411 g/mol. The summed E-state index contributed by atoms with van der Waals surface area (Å²) in [5, 5.41) is 14.2. The minimum Gasteiger partial charge on any atom is -0.324 e. The van der Waals surface area contributed by atoms with E-state index in [1.54, 1.807) is 25.1 Å². The second-order valence-corrected chi connectivity index (χ2v) is 7.32. The van der Waals surface area contributed by atoms with Crippen LogP contribution in [0.1, 0.15) is 32.9 Å². The Bertz CT molecular complexity index is 1090. The second kappa shape index (κ2) is 8.45. The van der Waals surface area contributed by atoms with Gasteiger partial charge in [-0.25, -0.2) is 4.68 Å². The molecule has 0 aliphatic carbocycles. The number of hydrogen-bond donors (Lipinski definition) is 2. The molecule has 0 aliphatic heterocycles. The zero-order valence-electron chi connectivity index (χ0n) is 16.7. The number of carbonyl (C=O) groups excluding carboxylic acids is 2. The highest BCUT2D eigenvalue weighted by Gasteiger charge is 2.19. The molecule has 0 spiro atoms. The van der Waals surface area contributed by atoms with Gasteiger partial charge in [0.05, 0.1) is 5.69 Å². The van der Waals surface area contributed by atoms with Gasteiger partial charge in [0.25, 0.3) is 5.91 Å². The highest BCUT2D eigenvalue weighted by Crippen LogP contribution is 2.23. The second-order valence-electron chi connectivity index (χ2n) is 6.91. The van der Waals surface area contributed by atoms with Crippen LogP contribution in [-0.4, -0.2) is 26.8 Å². The van der Waals surface area contributed by atoms with E-state index >= 15 is 0 Å². The average molecular weight is 412 g/mol. The first-order valence-corrected chi connectivity index (χ1v) is 9.47. The standard InChI is InChI=1S/C21H22ClN5O2/c1-12-8-9-13(2)18(10-12)24-21(29)20-15(4)27(26-25-20)11-19(28)23-17-7-5-6-16(22)14(17)3/h5-10H,11H2,1-4H3,(H,23,28)(H,24,29). The van der Waals surface area contributed by atoms with Gasteiger partial charge in [-0.2, -0.15) is 0 Å². The molecule has 0 aliphatic rings. The van der Waals surface area contributed by atoms with Crippen LogP contribution in [0.2, 0.25) is 5.02 Å². The number of carbonyl (C=O) groups is 2. The van der Waals surface area contributed by atoms with Gasteiger partial charge >= 0.3 is 0 Å². The van der Waals surface area contributed by atoms with Gasteiger partial charge in [-0.05, 0) is 62.6 Å². The van der Waals surface area contributed by atoms with Crippen molar-refractivity contribution in [2.24, 2.45) is 0 Å². The highest BCUT2D eigenvalue weighted by molar-refractivity contribution is 6.31. The lowest BCUT2D eigenvalue weighted by atomic mass is 10.1. The molecule has 2 N–H and O–H groups in total. The fourth-order valence-electron chi connectivity index (χ4n) is 2.84. The van der Waals surface area contributed by atoms with E-state index in [4.69, 9.17) is 11.6 Å². The highest BCUT2D eigenvalue weighted by atomic mass is 35.5. The van der Waals surface area contributed by atoms with Gasteiger partial charge in [-0.3, -0.25) is 9.59 Å². The molecular formula is C21H22ClN5O2. The Morgan fingerprint density at radius 1 is 1.03 bits per heavy atom. The molecule has 0 bridgehead atoms. The number of halogens is 1. The summed E-state index contributed by atoms with van der Waals surface area (Å²) in [4.78, 5) is 25.0. The zero-order chi connectivity index (χ0) is 21.1. The molecule has 0 unspecified atom stereocenters. The summed E-state index contributed by atoms with van der Waals surface area (Å²) >= 11 is 6.08. The van der Waals surface area contributed by atoms with Crippen molar-refractivity contribution < 1.29 is 9.59 Å². The number of nitrogens with one attached hydrogen (secondary N) is 2. The van der Waals surface area contributed by atoms with Crippen LogP contribution in [0.5, 0.6) is 0 Å². The predicted octanol–water partition coefficient (Wildman–Crippen LogP) is 4.06. The van der Waals surface area contributed by atoms with Crippen molar-refractivity contribution in [2.45, 2.75) is 34.2 Å². The molecule has 2 aromatic carbocycles. The average Bonchev–Trinajstić information content (AvgIpc) is 3.02. The lowest BCUT2D eigenvalue weighted by Crippen LogP contribution is -2.21. The Morgan fingerprint density at radius 2 is 1.79 bits per heavy atom. The third-order valence-corrected chi connectivity index (χ3v) is 5.08. The number of amides is 2. The first-order chi connectivity index (χ1) is 13.8. The molecule has 2 amide bonds. The van der Waals surface area contributed by atoms with Gasteiger partial charge in [0.1, 0.15) is 6.54 Å². The van der Waals surface area contributed by atoms with Crippen molar-refractivity contribution in [1.82, 2.24) is 15.0 Å². The Labute approximate surface area is 174 Å². The number of hydrogen-bond acceptors (Lipinski definition) is 4. The minimum absolute atomic E-state index is 0.0679. The first-order valence-electron chi connectivity index (χ1n) is 9.10. The van der Waals surface area contributed by atoms with Gasteiger partial charge < -0.3 is 10.6 Å². The van der Waals surface area contributed by atoms with E-state index in [1.165, 1.54) is 4.68 Å². The molecule has 0 radical (unpaired) electrons. The van der Waals surface area contributed by atoms with Crippen LogP contribution < -0.4 is 10.6 Å². The summed E-state index contributed by atoms with van der Waals surface area (Å²) in [6.45, 7) is 7.34. The first kappa shape index (κ1) is 20.5. The smallest absolute Gasteiger partial charge is 0.278 e. The fraction of sp³-hybridized carbons (Fsp3) is 0.238. The van der Waals surface area contributed by atoms with Crippen molar-refractivity contribution in [3.63, 3.8) is 0 Å². The summed E-state index contributed by atoms with van der Waals surface area (Å²) in [5.74, 6) is -0.654. The molecule has 1 aromatic heterocycles. The molecule has 3 rings (SSSR count). The van der Waals surface area contributed by atoms with Crippen molar-refractivity contribution in [3.05, 3.63) is 69.5 Å². The molecule has 0 fully saturated rings.